The summed E-state index contributed by atoms with van der Waals surface area (Å²) < 4.78 is 5.47. The molecule has 0 heterocycles. The predicted molar refractivity (Wildman–Crippen MR) is 260 cm³/mol. The van der Waals surface area contributed by atoms with Crippen LogP contribution in [0.2, 0.25) is 0 Å². The number of carbonyl (C=O) groups excluding carboxylic acids is 2. The Kier molecular flexibility index (Phi) is 49.1. The number of hydrogen-bond donors (Lipinski definition) is 3. The maximum atomic E-state index is 12.4. The molecule has 0 aromatic carbocycles. The number of allylic oxidation sites excluding steroid dienone is 1. The largest absolute Gasteiger partial charge is 0.466 e. The van der Waals surface area contributed by atoms with Crippen molar-refractivity contribution in [2.75, 3.05) is 13.2 Å². The number of carbonyl (C=O) groups is 2. The van der Waals surface area contributed by atoms with Crippen molar-refractivity contribution in [3.8, 4) is 0 Å². The summed E-state index contributed by atoms with van der Waals surface area (Å²) in [4.78, 5) is 24.4. The quantitative estimate of drug-likeness (QED) is 0.0322. The third-order valence-electron chi connectivity index (χ3n) is 12.6. The lowest BCUT2D eigenvalue weighted by Crippen LogP contribution is -2.45. The lowest BCUT2D eigenvalue weighted by molar-refractivity contribution is -0.143. The summed E-state index contributed by atoms with van der Waals surface area (Å²) in [5, 5.41) is 23.1. The molecule has 0 saturated carbocycles. The highest BCUT2D eigenvalue weighted by Gasteiger charge is 2.18. The van der Waals surface area contributed by atoms with Crippen LogP contribution in [0.4, 0.5) is 0 Å². The van der Waals surface area contributed by atoms with Crippen molar-refractivity contribution in [3.05, 3.63) is 12.2 Å². The molecule has 356 valence electrons. The first-order valence-electron chi connectivity index (χ1n) is 27.0. The summed E-state index contributed by atoms with van der Waals surface area (Å²) in [6, 6.07) is -0.631. The van der Waals surface area contributed by atoms with Gasteiger partial charge in [0.2, 0.25) is 5.91 Å². The van der Waals surface area contributed by atoms with Crippen molar-refractivity contribution in [2.24, 2.45) is 0 Å². The number of unbranched alkanes of at least 4 members (excludes halogenated alkanes) is 39. The second-order valence-corrected chi connectivity index (χ2v) is 18.6. The van der Waals surface area contributed by atoms with E-state index in [2.05, 4.69) is 19.2 Å². The molecule has 0 bridgehead atoms. The van der Waals surface area contributed by atoms with E-state index in [4.69, 9.17) is 4.74 Å². The molecule has 0 saturated heterocycles. The molecule has 0 rings (SSSR count). The van der Waals surface area contributed by atoms with Crippen LogP contribution in [0.15, 0.2) is 12.2 Å². The van der Waals surface area contributed by atoms with E-state index in [9.17, 15) is 19.8 Å². The number of amides is 1. The standard InChI is InChI=1S/C54H105NO5/c1-3-5-7-9-11-13-15-17-23-26-30-34-38-42-46-52(57)51(50-56)55-53(58)47-43-39-35-31-27-24-20-18-19-21-25-29-33-37-41-45-49-60-54(59)48-44-40-36-32-28-22-16-14-12-10-8-6-4-2/h42,46,51-52,56-57H,3-41,43-45,47-50H2,1-2H3,(H,55,58)/b46-42+. The van der Waals surface area contributed by atoms with Crippen LogP contribution in [-0.2, 0) is 14.3 Å². The fraction of sp³-hybridized carbons (Fsp3) is 0.926. The molecule has 6 heteroatoms. The van der Waals surface area contributed by atoms with E-state index in [1.54, 1.807) is 6.08 Å². The minimum absolute atomic E-state index is 0.00386. The van der Waals surface area contributed by atoms with Crippen LogP contribution in [0.3, 0.4) is 0 Å². The molecule has 0 aromatic heterocycles. The van der Waals surface area contributed by atoms with Crippen molar-refractivity contribution >= 4 is 11.9 Å². The Morgan fingerprint density at radius 2 is 0.767 bits per heavy atom. The molecule has 60 heavy (non-hydrogen) atoms. The van der Waals surface area contributed by atoms with Crippen LogP contribution in [0.1, 0.15) is 296 Å². The van der Waals surface area contributed by atoms with Gasteiger partial charge in [-0.25, -0.2) is 0 Å². The van der Waals surface area contributed by atoms with E-state index >= 15 is 0 Å². The van der Waals surface area contributed by atoms with Crippen molar-refractivity contribution in [1.82, 2.24) is 5.32 Å². The normalized spacial score (nSPS) is 12.7. The molecular weight excluding hydrogens is 743 g/mol. The number of aliphatic hydroxyl groups is 2. The summed E-state index contributed by atoms with van der Waals surface area (Å²) in [5.41, 5.74) is 0. The van der Waals surface area contributed by atoms with Crippen molar-refractivity contribution in [1.29, 1.82) is 0 Å². The number of hydrogen-bond acceptors (Lipinski definition) is 5. The Hall–Kier alpha value is -1.40. The highest BCUT2D eigenvalue weighted by Crippen LogP contribution is 2.17. The van der Waals surface area contributed by atoms with Gasteiger partial charge in [0, 0.05) is 12.8 Å². The highest BCUT2D eigenvalue weighted by molar-refractivity contribution is 5.76. The third kappa shape index (κ3) is 46.1. The molecule has 0 radical (unpaired) electrons. The van der Waals surface area contributed by atoms with Gasteiger partial charge < -0.3 is 20.3 Å². The maximum absolute atomic E-state index is 12.4. The topological polar surface area (TPSA) is 95.9 Å². The SMILES string of the molecule is CCCCCCCCCCCCCC/C=C/C(O)C(CO)NC(=O)CCCCCCCCCCCCCCCCCCOC(=O)CCCCCCCCCCCCCCC. The van der Waals surface area contributed by atoms with E-state index in [1.807, 2.05) is 6.08 Å². The van der Waals surface area contributed by atoms with E-state index in [0.29, 0.717) is 19.4 Å². The van der Waals surface area contributed by atoms with Gasteiger partial charge >= 0.3 is 5.97 Å². The van der Waals surface area contributed by atoms with Crippen LogP contribution in [-0.4, -0.2) is 47.4 Å². The molecule has 1 amide bonds. The minimum atomic E-state index is -0.847. The summed E-state index contributed by atoms with van der Waals surface area (Å²) in [7, 11) is 0. The second-order valence-electron chi connectivity index (χ2n) is 18.6. The van der Waals surface area contributed by atoms with Gasteiger partial charge in [-0.2, -0.15) is 0 Å². The van der Waals surface area contributed by atoms with Gasteiger partial charge in [0.25, 0.3) is 0 Å². The van der Waals surface area contributed by atoms with Gasteiger partial charge in [-0.05, 0) is 32.1 Å². The minimum Gasteiger partial charge on any atom is -0.466 e. The van der Waals surface area contributed by atoms with Crippen LogP contribution >= 0.6 is 0 Å². The summed E-state index contributed by atoms with van der Waals surface area (Å²) in [5.74, 6) is -0.0698. The number of rotatable bonds is 50. The number of esters is 1. The Bertz CT molecular complexity index is 893. The van der Waals surface area contributed by atoms with Gasteiger partial charge in [-0.15, -0.1) is 0 Å². The van der Waals surface area contributed by atoms with E-state index in [1.165, 1.54) is 225 Å². The molecule has 2 atom stereocenters. The monoisotopic (exact) mass is 848 g/mol. The number of aliphatic hydroxyl groups excluding tert-OH is 2. The maximum Gasteiger partial charge on any atom is 0.305 e. The van der Waals surface area contributed by atoms with Gasteiger partial charge in [-0.3, -0.25) is 9.59 Å². The Labute approximate surface area is 374 Å². The second kappa shape index (κ2) is 50.2. The number of nitrogens with one attached hydrogen (secondary N) is 1. The third-order valence-corrected chi connectivity index (χ3v) is 12.6. The zero-order valence-corrected chi connectivity index (χ0v) is 40.5. The average Bonchev–Trinajstić information content (AvgIpc) is 3.25. The fourth-order valence-electron chi connectivity index (χ4n) is 8.40. The highest BCUT2D eigenvalue weighted by atomic mass is 16.5. The zero-order chi connectivity index (χ0) is 43.7. The molecule has 0 aliphatic heterocycles. The molecule has 0 aliphatic rings. The van der Waals surface area contributed by atoms with Crippen LogP contribution in [0.25, 0.3) is 0 Å². The van der Waals surface area contributed by atoms with Crippen LogP contribution in [0.5, 0.6) is 0 Å². The average molecular weight is 848 g/mol. The molecule has 3 N–H and O–H groups in total. The predicted octanol–water partition coefficient (Wildman–Crippen LogP) is 16.1. The van der Waals surface area contributed by atoms with Gasteiger partial charge in [0.1, 0.15) is 0 Å². The lowest BCUT2D eigenvalue weighted by atomic mass is 10.0. The zero-order valence-electron chi connectivity index (χ0n) is 40.5. The van der Waals surface area contributed by atoms with Crippen molar-refractivity contribution in [2.45, 2.75) is 309 Å². The summed E-state index contributed by atoms with van der Waals surface area (Å²) >= 11 is 0. The molecule has 6 nitrogen and oxygen atoms in total. The molecule has 2 unspecified atom stereocenters. The first-order valence-corrected chi connectivity index (χ1v) is 27.0. The summed E-state index contributed by atoms with van der Waals surface area (Å²) in [6.45, 7) is 4.90. The van der Waals surface area contributed by atoms with Crippen molar-refractivity contribution < 1.29 is 24.5 Å². The van der Waals surface area contributed by atoms with E-state index in [0.717, 1.165) is 44.9 Å². The smallest absolute Gasteiger partial charge is 0.305 e. The van der Waals surface area contributed by atoms with Crippen LogP contribution < -0.4 is 5.32 Å². The molecular formula is C54H105NO5. The van der Waals surface area contributed by atoms with Gasteiger partial charge in [-0.1, -0.05) is 264 Å². The lowest BCUT2D eigenvalue weighted by Gasteiger charge is -2.20. The van der Waals surface area contributed by atoms with E-state index in [-0.39, 0.29) is 18.5 Å². The van der Waals surface area contributed by atoms with E-state index < -0.39 is 12.1 Å². The van der Waals surface area contributed by atoms with Gasteiger partial charge in [0.15, 0.2) is 0 Å². The fourth-order valence-corrected chi connectivity index (χ4v) is 8.40. The van der Waals surface area contributed by atoms with Crippen molar-refractivity contribution in [3.63, 3.8) is 0 Å². The molecule has 0 aliphatic carbocycles. The van der Waals surface area contributed by atoms with Gasteiger partial charge in [0.05, 0.1) is 25.4 Å². The molecule has 0 aromatic rings. The molecule has 0 fully saturated rings. The molecule has 0 spiro atoms. The Morgan fingerprint density at radius 1 is 0.450 bits per heavy atom. The Morgan fingerprint density at radius 3 is 1.13 bits per heavy atom. The Balaban J connectivity index is 3.44. The first kappa shape index (κ1) is 58.6. The first-order chi connectivity index (χ1) is 29.5. The summed E-state index contributed by atoms with van der Waals surface area (Å²) in [6.07, 6.45) is 57.8. The number of ether oxygens (including phenoxy) is 1. The van der Waals surface area contributed by atoms with Crippen LogP contribution in [0, 0.1) is 0 Å².